The smallest absolute Gasteiger partial charge is 0.0973 e. The van der Waals surface area contributed by atoms with Crippen LogP contribution in [0.15, 0.2) is 30.3 Å². The van der Waals surface area contributed by atoms with Gasteiger partial charge in [0.15, 0.2) is 0 Å². The average Bonchev–Trinajstić information content (AvgIpc) is 2.56. The van der Waals surface area contributed by atoms with Crippen molar-refractivity contribution in [3.05, 3.63) is 35.9 Å². The first-order valence-electron chi connectivity index (χ1n) is 7.62. The lowest BCUT2D eigenvalue weighted by atomic mass is 10.2. The molecule has 0 aliphatic heterocycles. The summed E-state index contributed by atoms with van der Waals surface area (Å²) in [4.78, 5) is 0. The van der Waals surface area contributed by atoms with Crippen molar-refractivity contribution in [1.29, 1.82) is 0 Å². The molecule has 5 nitrogen and oxygen atoms in total. The van der Waals surface area contributed by atoms with Gasteiger partial charge in [0.1, 0.15) is 0 Å². The summed E-state index contributed by atoms with van der Waals surface area (Å²) in [6.45, 7) is 6.97. The van der Waals surface area contributed by atoms with Crippen LogP contribution in [-0.2, 0) is 14.2 Å². The van der Waals surface area contributed by atoms with Crippen LogP contribution in [0.2, 0.25) is 0 Å². The molecule has 0 unspecified atom stereocenters. The second kappa shape index (κ2) is 14.5. The Hall–Kier alpha value is -1.42. The van der Waals surface area contributed by atoms with Gasteiger partial charge in [-0.15, -0.1) is 0 Å². The Kier molecular flexibility index (Phi) is 12.3. The Balaban J connectivity index is 1.81. The standard InChI is InChI=1S/C17H26N2O3/c1-2-20-15-19-11-12-21-13-14-22-16-18-10-6-9-17-7-4-3-5-8-17/h3-5,7-8,18-19H,2,10-16H2,1H3. The minimum atomic E-state index is 0.482. The van der Waals surface area contributed by atoms with Crippen molar-refractivity contribution in [2.75, 3.05) is 53.0 Å². The van der Waals surface area contributed by atoms with E-state index >= 15 is 0 Å². The fourth-order valence-electron chi connectivity index (χ4n) is 1.54. The highest BCUT2D eigenvalue weighted by Gasteiger charge is 1.90. The van der Waals surface area contributed by atoms with Crippen molar-refractivity contribution >= 4 is 0 Å². The predicted octanol–water partition coefficient (Wildman–Crippen LogP) is 1.20. The molecule has 2 N–H and O–H groups in total. The van der Waals surface area contributed by atoms with Gasteiger partial charge in [-0.1, -0.05) is 30.0 Å². The molecule has 0 heterocycles. The van der Waals surface area contributed by atoms with E-state index < -0.39 is 0 Å². The Morgan fingerprint density at radius 1 is 0.909 bits per heavy atom. The third-order valence-electron chi connectivity index (χ3n) is 2.63. The lowest BCUT2D eigenvalue weighted by Gasteiger charge is -2.07. The molecule has 0 aliphatic rings. The first kappa shape index (κ1) is 18.6. The number of benzene rings is 1. The molecule has 122 valence electrons. The number of rotatable bonds is 12. The summed E-state index contributed by atoms with van der Waals surface area (Å²) in [6.07, 6.45) is 0. The maximum absolute atomic E-state index is 5.40. The molecule has 0 spiro atoms. The van der Waals surface area contributed by atoms with Gasteiger partial charge in [0.05, 0.1) is 39.8 Å². The average molecular weight is 306 g/mol. The topological polar surface area (TPSA) is 51.8 Å². The Bertz CT molecular complexity index is 415. The predicted molar refractivity (Wildman–Crippen MR) is 87.5 cm³/mol. The molecule has 0 saturated heterocycles. The molecule has 0 atom stereocenters. The highest BCUT2D eigenvalue weighted by Crippen LogP contribution is 1.94. The van der Waals surface area contributed by atoms with E-state index in [-0.39, 0.29) is 0 Å². The van der Waals surface area contributed by atoms with E-state index in [1.807, 2.05) is 37.3 Å². The van der Waals surface area contributed by atoms with Gasteiger partial charge in [0.2, 0.25) is 0 Å². The Labute approximate surface area is 133 Å². The molecule has 22 heavy (non-hydrogen) atoms. The molecular formula is C17H26N2O3. The molecular weight excluding hydrogens is 280 g/mol. The van der Waals surface area contributed by atoms with Crippen molar-refractivity contribution in [2.45, 2.75) is 6.92 Å². The molecule has 1 aromatic carbocycles. The highest BCUT2D eigenvalue weighted by molar-refractivity contribution is 5.33. The molecule has 0 aromatic heterocycles. The summed E-state index contributed by atoms with van der Waals surface area (Å²) >= 11 is 0. The van der Waals surface area contributed by atoms with Crippen LogP contribution >= 0.6 is 0 Å². The van der Waals surface area contributed by atoms with E-state index in [0.29, 0.717) is 39.8 Å². The van der Waals surface area contributed by atoms with E-state index in [1.165, 1.54) is 0 Å². The highest BCUT2D eigenvalue weighted by atomic mass is 16.5. The van der Waals surface area contributed by atoms with E-state index in [0.717, 1.165) is 18.7 Å². The molecule has 0 fully saturated rings. The van der Waals surface area contributed by atoms with Gasteiger partial charge in [-0.05, 0) is 19.1 Å². The van der Waals surface area contributed by atoms with Gasteiger partial charge in [-0.25, -0.2) is 0 Å². The number of ether oxygens (including phenoxy) is 3. The minimum Gasteiger partial charge on any atom is -0.378 e. The molecule has 0 amide bonds. The van der Waals surface area contributed by atoms with Crippen LogP contribution < -0.4 is 10.6 Å². The van der Waals surface area contributed by atoms with E-state index in [1.54, 1.807) is 0 Å². The van der Waals surface area contributed by atoms with E-state index in [9.17, 15) is 0 Å². The summed E-state index contributed by atoms with van der Waals surface area (Å²) in [6, 6.07) is 9.92. The zero-order valence-corrected chi connectivity index (χ0v) is 13.3. The fourth-order valence-corrected chi connectivity index (χ4v) is 1.54. The minimum absolute atomic E-state index is 0.482. The van der Waals surface area contributed by atoms with Crippen molar-refractivity contribution in [3.63, 3.8) is 0 Å². The monoisotopic (exact) mass is 306 g/mol. The van der Waals surface area contributed by atoms with Gasteiger partial charge in [0, 0.05) is 18.7 Å². The van der Waals surface area contributed by atoms with Crippen molar-refractivity contribution in [1.82, 2.24) is 10.6 Å². The van der Waals surface area contributed by atoms with Crippen LogP contribution in [0.3, 0.4) is 0 Å². The second-order valence-corrected chi connectivity index (χ2v) is 4.40. The largest absolute Gasteiger partial charge is 0.378 e. The summed E-state index contributed by atoms with van der Waals surface area (Å²) < 4.78 is 15.9. The van der Waals surface area contributed by atoms with Gasteiger partial charge in [-0.3, -0.25) is 10.6 Å². The molecule has 0 bridgehead atoms. The fraction of sp³-hybridized carbons (Fsp3) is 0.529. The summed E-state index contributed by atoms with van der Waals surface area (Å²) in [7, 11) is 0. The second-order valence-electron chi connectivity index (χ2n) is 4.40. The van der Waals surface area contributed by atoms with Gasteiger partial charge in [-0.2, -0.15) is 0 Å². The van der Waals surface area contributed by atoms with E-state index in [2.05, 4.69) is 22.5 Å². The number of hydrogen-bond acceptors (Lipinski definition) is 5. The first-order valence-corrected chi connectivity index (χ1v) is 7.62. The van der Waals surface area contributed by atoms with Crippen molar-refractivity contribution < 1.29 is 14.2 Å². The number of nitrogens with one attached hydrogen (secondary N) is 2. The Morgan fingerprint density at radius 2 is 1.68 bits per heavy atom. The molecule has 0 radical (unpaired) electrons. The molecule has 0 aliphatic carbocycles. The quantitative estimate of drug-likeness (QED) is 0.345. The summed E-state index contributed by atoms with van der Waals surface area (Å²) in [5.74, 6) is 6.12. The van der Waals surface area contributed by atoms with E-state index in [4.69, 9.17) is 14.2 Å². The van der Waals surface area contributed by atoms with Crippen molar-refractivity contribution in [3.8, 4) is 11.8 Å². The third kappa shape index (κ3) is 11.3. The van der Waals surface area contributed by atoms with Crippen LogP contribution in [-0.4, -0.2) is 53.0 Å². The SMILES string of the molecule is CCOCNCCOCCOCNCC#Cc1ccccc1. The van der Waals surface area contributed by atoms with Crippen LogP contribution in [0, 0.1) is 11.8 Å². The van der Waals surface area contributed by atoms with Crippen LogP contribution in [0.4, 0.5) is 0 Å². The third-order valence-corrected chi connectivity index (χ3v) is 2.63. The van der Waals surface area contributed by atoms with Gasteiger partial charge in [0.25, 0.3) is 0 Å². The van der Waals surface area contributed by atoms with Crippen LogP contribution in [0.25, 0.3) is 0 Å². The summed E-state index contributed by atoms with van der Waals surface area (Å²) in [5.41, 5.74) is 1.02. The Morgan fingerprint density at radius 3 is 2.50 bits per heavy atom. The lowest BCUT2D eigenvalue weighted by molar-refractivity contribution is 0.0393. The zero-order chi connectivity index (χ0) is 15.7. The number of hydrogen-bond donors (Lipinski definition) is 2. The van der Waals surface area contributed by atoms with Crippen LogP contribution in [0.1, 0.15) is 12.5 Å². The first-order chi connectivity index (χ1) is 10.9. The zero-order valence-electron chi connectivity index (χ0n) is 13.3. The van der Waals surface area contributed by atoms with Gasteiger partial charge < -0.3 is 14.2 Å². The van der Waals surface area contributed by atoms with Crippen LogP contribution in [0.5, 0.6) is 0 Å². The molecule has 5 heteroatoms. The molecule has 1 aromatic rings. The summed E-state index contributed by atoms with van der Waals surface area (Å²) in [5, 5.41) is 6.21. The van der Waals surface area contributed by atoms with Gasteiger partial charge >= 0.3 is 0 Å². The molecule has 1 rings (SSSR count). The maximum atomic E-state index is 5.40. The normalized spacial score (nSPS) is 10.2. The van der Waals surface area contributed by atoms with Crippen molar-refractivity contribution in [2.24, 2.45) is 0 Å². The maximum Gasteiger partial charge on any atom is 0.0973 e. The lowest BCUT2D eigenvalue weighted by Crippen LogP contribution is -2.24. The molecule has 0 saturated carbocycles.